The molecule has 3 aromatic rings. The van der Waals surface area contributed by atoms with E-state index < -0.39 is 5.91 Å². The quantitative estimate of drug-likeness (QED) is 0.500. The first-order chi connectivity index (χ1) is 14.6. The van der Waals surface area contributed by atoms with Crippen molar-refractivity contribution in [1.29, 1.82) is 0 Å². The zero-order valence-electron chi connectivity index (χ0n) is 16.3. The first-order valence-corrected chi connectivity index (χ1v) is 9.68. The Morgan fingerprint density at radius 2 is 1.83 bits per heavy atom. The maximum atomic E-state index is 12.6. The number of amides is 2. The van der Waals surface area contributed by atoms with Crippen molar-refractivity contribution in [3.63, 3.8) is 0 Å². The van der Waals surface area contributed by atoms with E-state index in [1.807, 2.05) is 35.0 Å². The van der Waals surface area contributed by atoms with E-state index in [2.05, 4.69) is 10.5 Å². The lowest BCUT2D eigenvalue weighted by Gasteiger charge is -2.27. The summed E-state index contributed by atoms with van der Waals surface area (Å²) >= 11 is 0. The number of aromatic nitrogens is 1. The molecule has 8 nitrogen and oxygen atoms in total. The van der Waals surface area contributed by atoms with Gasteiger partial charge in [-0.2, -0.15) is 5.10 Å². The Kier molecular flexibility index (Phi) is 5.76. The van der Waals surface area contributed by atoms with E-state index in [-0.39, 0.29) is 23.8 Å². The van der Waals surface area contributed by atoms with Crippen LogP contribution in [-0.2, 0) is 16.1 Å². The van der Waals surface area contributed by atoms with Gasteiger partial charge in [-0.1, -0.05) is 30.3 Å². The number of carbonyl (C=O) groups is 2. The molecule has 1 aromatic heterocycles. The van der Waals surface area contributed by atoms with E-state index >= 15 is 0 Å². The van der Waals surface area contributed by atoms with E-state index in [9.17, 15) is 14.7 Å². The normalized spacial score (nSPS) is 14.3. The predicted molar refractivity (Wildman–Crippen MR) is 113 cm³/mol. The number of fused-ring (bicyclic) bond motifs is 1. The van der Waals surface area contributed by atoms with Crippen LogP contribution in [0.2, 0.25) is 0 Å². The summed E-state index contributed by atoms with van der Waals surface area (Å²) in [5, 5.41) is 14.7. The Morgan fingerprint density at radius 1 is 1.10 bits per heavy atom. The number of nitrogens with one attached hydrogen (secondary N) is 1. The molecule has 2 amide bonds. The molecule has 154 valence electrons. The van der Waals surface area contributed by atoms with Gasteiger partial charge < -0.3 is 19.3 Å². The molecule has 1 aliphatic rings. The van der Waals surface area contributed by atoms with Crippen LogP contribution in [-0.4, -0.2) is 58.9 Å². The number of aromatic hydroxyl groups is 1. The molecule has 30 heavy (non-hydrogen) atoms. The summed E-state index contributed by atoms with van der Waals surface area (Å²) in [5.41, 5.74) is 4.26. The molecule has 1 saturated heterocycles. The minimum Gasteiger partial charge on any atom is -0.507 e. The van der Waals surface area contributed by atoms with Crippen LogP contribution in [0.1, 0.15) is 15.9 Å². The fraction of sp³-hybridized carbons (Fsp3) is 0.227. The summed E-state index contributed by atoms with van der Waals surface area (Å²) in [6, 6.07) is 14.0. The molecule has 0 saturated carbocycles. The van der Waals surface area contributed by atoms with Gasteiger partial charge in [0.1, 0.15) is 12.3 Å². The number of hydrazone groups is 1. The summed E-state index contributed by atoms with van der Waals surface area (Å²) in [7, 11) is 0. The third kappa shape index (κ3) is 4.18. The monoisotopic (exact) mass is 406 g/mol. The highest BCUT2D eigenvalue weighted by Crippen LogP contribution is 2.20. The standard InChI is InChI=1S/C22H22N4O4/c27-20-8-4-2-6-18(20)22(29)24-23-13-16-14-26(19-7-3-1-5-17(16)19)15-21(28)25-9-11-30-12-10-25/h1-8,13-14,27H,9-12,15H2,(H,24,29)/b23-13-. The molecular formula is C22H22N4O4. The number of ether oxygens (including phenoxy) is 1. The van der Waals surface area contributed by atoms with Crippen LogP contribution in [0.3, 0.4) is 0 Å². The Labute approximate surface area is 173 Å². The van der Waals surface area contributed by atoms with Crippen molar-refractivity contribution < 1.29 is 19.4 Å². The predicted octanol–water partition coefficient (Wildman–Crippen LogP) is 1.97. The van der Waals surface area contributed by atoms with E-state index in [4.69, 9.17) is 4.74 Å². The van der Waals surface area contributed by atoms with Crippen LogP contribution in [0.15, 0.2) is 59.8 Å². The number of carbonyl (C=O) groups excluding carboxylic acids is 2. The Morgan fingerprint density at radius 3 is 2.63 bits per heavy atom. The SMILES string of the molecule is O=C(N/N=C\c1cn(CC(=O)N2CCOCC2)c2ccccc12)c1ccccc1O. The molecule has 0 aliphatic carbocycles. The Balaban J connectivity index is 1.51. The number of hydrogen-bond donors (Lipinski definition) is 2. The number of morpholine rings is 1. The first-order valence-electron chi connectivity index (χ1n) is 9.68. The fourth-order valence-electron chi connectivity index (χ4n) is 3.45. The zero-order valence-corrected chi connectivity index (χ0v) is 16.3. The van der Waals surface area contributed by atoms with Crippen molar-refractivity contribution in [3.8, 4) is 5.75 Å². The molecule has 0 bridgehead atoms. The average Bonchev–Trinajstić information content (AvgIpc) is 3.12. The molecular weight excluding hydrogens is 384 g/mol. The fourth-order valence-corrected chi connectivity index (χ4v) is 3.45. The third-order valence-corrected chi connectivity index (χ3v) is 5.01. The van der Waals surface area contributed by atoms with Crippen molar-refractivity contribution in [2.45, 2.75) is 6.54 Å². The maximum Gasteiger partial charge on any atom is 0.275 e. The van der Waals surface area contributed by atoms with E-state index in [1.54, 1.807) is 17.0 Å². The van der Waals surface area contributed by atoms with E-state index in [0.717, 1.165) is 16.5 Å². The topological polar surface area (TPSA) is 96.2 Å². The van der Waals surface area contributed by atoms with Crippen LogP contribution in [0, 0.1) is 0 Å². The van der Waals surface area contributed by atoms with Crippen molar-refractivity contribution in [1.82, 2.24) is 14.9 Å². The average molecular weight is 406 g/mol. The molecule has 0 unspecified atom stereocenters. The van der Waals surface area contributed by atoms with Crippen molar-refractivity contribution in [2.24, 2.45) is 5.10 Å². The van der Waals surface area contributed by atoms with Crippen molar-refractivity contribution >= 4 is 28.9 Å². The second kappa shape index (κ2) is 8.79. The lowest BCUT2D eigenvalue weighted by molar-refractivity contribution is -0.135. The number of rotatable bonds is 5. The Bertz CT molecular complexity index is 1100. The summed E-state index contributed by atoms with van der Waals surface area (Å²) in [6.45, 7) is 2.55. The van der Waals surface area contributed by atoms with Crippen molar-refractivity contribution in [2.75, 3.05) is 26.3 Å². The Hall–Kier alpha value is -3.65. The summed E-state index contributed by atoms with van der Waals surface area (Å²) in [4.78, 5) is 26.6. The second-order valence-corrected chi connectivity index (χ2v) is 6.94. The van der Waals surface area contributed by atoms with Crippen LogP contribution in [0.25, 0.3) is 10.9 Å². The van der Waals surface area contributed by atoms with Gasteiger partial charge in [0.15, 0.2) is 0 Å². The number of benzene rings is 2. The maximum absolute atomic E-state index is 12.6. The van der Waals surface area contributed by atoms with E-state index in [1.165, 1.54) is 18.3 Å². The highest BCUT2D eigenvalue weighted by Gasteiger charge is 2.18. The third-order valence-electron chi connectivity index (χ3n) is 5.01. The lowest BCUT2D eigenvalue weighted by atomic mass is 10.2. The first kappa shape index (κ1) is 19.7. The van der Waals surface area contributed by atoms with Gasteiger partial charge in [0.05, 0.1) is 25.0 Å². The largest absolute Gasteiger partial charge is 0.507 e. The van der Waals surface area contributed by atoms with Gasteiger partial charge in [-0.3, -0.25) is 9.59 Å². The summed E-state index contributed by atoms with van der Waals surface area (Å²) < 4.78 is 7.20. The minimum absolute atomic E-state index is 0.0374. The highest BCUT2D eigenvalue weighted by molar-refractivity contribution is 6.01. The van der Waals surface area contributed by atoms with E-state index in [0.29, 0.717) is 26.3 Å². The van der Waals surface area contributed by atoms with Gasteiger partial charge in [-0.25, -0.2) is 5.43 Å². The number of hydrogen-bond acceptors (Lipinski definition) is 5. The zero-order chi connectivity index (χ0) is 20.9. The molecule has 2 aromatic carbocycles. The number of phenolic OH excluding ortho intramolecular Hbond substituents is 1. The van der Waals surface area contributed by atoms with Gasteiger partial charge in [-0.15, -0.1) is 0 Å². The van der Waals surface area contributed by atoms with Crippen LogP contribution < -0.4 is 5.43 Å². The molecule has 0 spiro atoms. The minimum atomic E-state index is -0.504. The van der Waals surface area contributed by atoms with Crippen LogP contribution in [0.4, 0.5) is 0 Å². The molecule has 4 rings (SSSR count). The highest BCUT2D eigenvalue weighted by atomic mass is 16.5. The molecule has 2 N–H and O–H groups in total. The molecule has 1 fully saturated rings. The molecule has 2 heterocycles. The van der Waals surface area contributed by atoms with Crippen LogP contribution >= 0.6 is 0 Å². The number of nitrogens with zero attached hydrogens (tertiary/aromatic N) is 3. The number of phenols is 1. The second-order valence-electron chi connectivity index (χ2n) is 6.94. The van der Waals surface area contributed by atoms with Crippen molar-refractivity contribution in [3.05, 3.63) is 65.9 Å². The molecule has 8 heteroatoms. The summed E-state index contributed by atoms with van der Waals surface area (Å²) in [5.74, 6) is -0.575. The van der Waals surface area contributed by atoms with Crippen LogP contribution in [0.5, 0.6) is 5.75 Å². The van der Waals surface area contributed by atoms with Gasteiger partial charge in [0.25, 0.3) is 5.91 Å². The van der Waals surface area contributed by atoms with Gasteiger partial charge in [0.2, 0.25) is 5.91 Å². The van der Waals surface area contributed by atoms with Gasteiger partial charge >= 0.3 is 0 Å². The van der Waals surface area contributed by atoms with Gasteiger partial charge in [0, 0.05) is 35.8 Å². The van der Waals surface area contributed by atoms with Gasteiger partial charge in [-0.05, 0) is 18.2 Å². The number of para-hydroxylation sites is 2. The summed E-state index contributed by atoms with van der Waals surface area (Å²) in [6.07, 6.45) is 3.38. The molecule has 0 radical (unpaired) electrons. The lowest BCUT2D eigenvalue weighted by Crippen LogP contribution is -2.42. The molecule has 0 atom stereocenters. The smallest absolute Gasteiger partial charge is 0.275 e. The molecule has 1 aliphatic heterocycles.